The van der Waals surface area contributed by atoms with Crippen molar-refractivity contribution in [2.75, 3.05) is 38.5 Å². The maximum absolute atomic E-state index is 14.4. The van der Waals surface area contributed by atoms with Crippen molar-refractivity contribution in [2.45, 2.75) is 103 Å². The Bertz CT molecular complexity index is 1940. The minimum atomic E-state index is -1.15. The van der Waals surface area contributed by atoms with Crippen LogP contribution in [0.1, 0.15) is 83.9 Å². The van der Waals surface area contributed by atoms with Gasteiger partial charge in [-0.25, -0.2) is 9.59 Å². The SMILES string of the molecule is COc1cc(CN2C(=O)N([C@H](CN[C@](C)(CC(=O)OC(C)(C)C)c3ccc(OC)c(OC)c3)CC3CC3)C(=O)C2(C)C)ccc1NC(=O)Nc1ccccc1C. The largest absolute Gasteiger partial charge is 0.495 e. The maximum Gasteiger partial charge on any atom is 0.328 e. The lowest BCUT2D eigenvalue weighted by atomic mass is 9.87. The first-order valence-electron chi connectivity index (χ1n) is 19.0. The zero-order valence-corrected chi connectivity index (χ0v) is 34.3. The lowest BCUT2D eigenvalue weighted by molar-refractivity contribution is -0.156. The van der Waals surface area contributed by atoms with Crippen LogP contribution in [0, 0.1) is 12.8 Å². The van der Waals surface area contributed by atoms with E-state index in [9.17, 15) is 19.2 Å². The number of nitrogens with one attached hydrogen (secondary N) is 3. The Hall–Kier alpha value is -5.30. The van der Waals surface area contributed by atoms with E-state index in [1.165, 1.54) is 12.0 Å². The predicted molar refractivity (Wildman–Crippen MR) is 215 cm³/mol. The number of nitrogens with zero attached hydrogens (tertiary/aromatic N) is 2. The number of esters is 1. The quantitative estimate of drug-likeness (QED) is 0.0989. The average molecular weight is 772 g/mol. The Balaban J connectivity index is 1.37. The van der Waals surface area contributed by atoms with E-state index in [1.54, 1.807) is 57.2 Å². The summed E-state index contributed by atoms with van der Waals surface area (Å²) < 4.78 is 22.5. The van der Waals surface area contributed by atoms with Crippen molar-refractivity contribution in [2.24, 2.45) is 5.92 Å². The zero-order chi connectivity index (χ0) is 41.0. The number of hydrogen-bond donors (Lipinski definition) is 3. The summed E-state index contributed by atoms with van der Waals surface area (Å²) in [4.78, 5) is 57.9. The van der Waals surface area contributed by atoms with E-state index in [0.29, 0.717) is 41.0 Å². The van der Waals surface area contributed by atoms with Gasteiger partial charge in [0.25, 0.3) is 5.91 Å². The average Bonchev–Trinajstić information content (AvgIpc) is 3.94. The number of amides is 5. The number of methoxy groups -OCH3 is 3. The maximum atomic E-state index is 14.4. The second-order valence-electron chi connectivity index (χ2n) is 16.4. The fraction of sp³-hybridized carbons (Fsp3) is 0.488. The molecule has 0 spiro atoms. The van der Waals surface area contributed by atoms with Gasteiger partial charge in [-0.05, 0) is 108 Å². The van der Waals surface area contributed by atoms with Gasteiger partial charge < -0.3 is 39.8 Å². The van der Waals surface area contributed by atoms with Crippen LogP contribution in [0.4, 0.5) is 21.0 Å². The van der Waals surface area contributed by atoms with Crippen molar-refractivity contribution in [3.05, 3.63) is 77.4 Å². The molecule has 302 valence electrons. The monoisotopic (exact) mass is 771 g/mol. The van der Waals surface area contributed by atoms with Gasteiger partial charge in [-0.3, -0.25) is 14.5 Å². The van der Waals surface area contributed by atoms with Crippen LogP contribution in [0.25, 0.3) is 0 Å². The molecule has 13 heteroatoms. The molecule has 2 aliphatic rings. The van der Waals surface area contributed by atoms with Crippen molar-refractivity contribution in [3.8, 4) is 17.2 Å². The third-order valence-electron chi connectivity index (χ3n) is 10.4. The zero-order valence-electron chi connectivity index (χ0n) is 34.3. The molecule has 3 aromatic carbocycles. The molecule has 2 atom stereocenters. The molecule has 5 amide bonds. The van der Waals surface area contributed by atoms with Gasteiger partial charge in [0.05, 0.1) is 45.0 Å². The second-order valence-corrected chi connectivity index (χ2v) is 16.4. The van der Waals surface area contributed by atoms with Gasteiger partial charge in [-0.1, -0.05) is 43.2 Å². The number of hydrogen-bond acceptors (Lipinski definition) is 9. The molecule has 13 nitrogen and oxygen atoms in total. The third-order valence-corrected chi connectivity index (χ3v) is 10.4. The summed E-state index contributed by atoms with van der Waals surface area (Å²) in [5.41, 5.74) is 0.733. The minimum absolute atomic E-state index is 0.0182. The van der Waals surface area contributed by atoms with Gasteiger partial charge in [0.1, 0.15) is 16.9 Å². The summed E-state index contributed by atoms with van der Waals surface area (Å²) in [7, 11) is 4.62. The van der Waals surface area contributed by atoms with Crippen LogP contribution in [0.5, 0.6) is 17.2 Å². The molecule has 1 aliphatic heterocycles. The number of rotatable bonds is 16. The molecule has 0 aromatic heterocycles. The number of imide groups is 1. The van der Waals surface area contributed by atoms with Crippen LogP contribution < -0.4 is 30.2 Å². The van der Waals surface area contributed by atoms with Crippen LogP contribution in [-0.4, -0.2) is 78.8 Å². The molecule has 0 bridgehead atoms. The molecule has 1 saturated carbocycles. The number of carbonyl (C=O) groups excluding carboxylic acids is 4. The fourth-order valence-electron chi connectivity index (χ4n) is 7.04. The molecular formula is C43H57N5O8. The van der Waals surface area contributed by atoms with Crippen molar-refractivity contribution in [3.63, 3.8) is 0 Å². The van der Waals surface area contributed by atoms with E-state index in [2.05, 4.69) is 16.0 Å². The Morgan fingerprint density at radius 2 is 1.52 bits per heavy atom. The van der Waals surface area contributed by atoms with Gasteiger partial charge in [0, 0.05) is 18.8 Å². The third kappa shape index (κ3) is 9.73. The number of benzene rings is 3. The van der Waals surface area contributed by atoms with Crippen molar-refractivity contribution in [1.82, 2.24) is 15.1 Å². The molecule has 1 aliphatic carbocycles. The lowest BCUT2D eigenvalue weighted by Gasteiger charge is -2.36. The summed E-state index contributed by atoms with van der Waals surface area (Å²) >= 11 is 0. The van der Waals surface area contributed by atoms with Crippen molar-refractivity contribution in [1.29, 1.82) is 0 Å². The summed E-state index contributed by atoms with van der Waals surface area (Å²) in [6.45, 7) is 13.2. The van der Waals surface area contributed by atoms with Crippen LogP contribution in [-0.2, 0) is 26.4 Å². The molecule has 3 N–H and O–H groups in total. The van der Waals surface area contributed by atoms with Gasteiger partial charge >= 0.3 is 18.0 Å². The number of carbonyl (C=O) groups is 4. The summed E-state index contributed by atoms with van der Waals surface area (Å²) in [5, 5.41) is 9.29. The van der Waals surface area contributed by atoms with Crippen LogP contribution in [0.15, 0.2) is 60.7 Å². The highest BCUT2D eigenvalue weighted by Gasteiger charge is 2.54. The van der Waals surface area contributed by atoms with Crippen molar-refractivity contribution < 1.29 is 38.1 Å². The van der Waals surface area contributed by atoms with Crippen molar-refractivity contribution >= 4 is 35.3 Å². The van der Waals surface area contributed by atoms with Gasteiger partial charge in [-0.2, -0.15) is 0 Å². The van der Waals surface area contributed by atoms with E-state index in [4.69, 9.17) is 18.9 Å². The Kier molecular flexibility index (Phi) is 12.6. The number of anilines is 2. The van der Waals surface area contributed by atoms with Gasteiger partial charge in [0.2, 0.25) is 0 Å². The number of urea groups is 2. The molecule has 3 aromatic rings. The highest BCUT2D eigenvalue weighted by Crippen LogP contribution is 2.40. The van der Waals surface area contributed by atoms with E-state index < -0.39 is 40.8 Å². The first-order valence-corrected chi connectivity index (χ1v) is 19.0. The second kappa shape index (κ2) is 16.8. The lowest BCUT2D eigenvalue weighted by Crippen LogP contribution is -2.52. The molecule has 56 heavy (non-hydrogen) atoms. The molecule has 1 saturated heterocycles. The normalized spacial score (nSPS) is 16.9. The van der Waals surface area contributed by atoms with Crippen LogP contribution in [0.2, 0.25) is 0 Å². The molecular weight excluding hydrogens is 714 g/mol. The van der Waals surface area contributed by atoms with E-state index >= 15 is 0 Å². The van der Waals surface area contributed by atoms with E-state index in [1.807, 2.05) is 71.0 Å². The smallest absolute Gasteiger partial charge is 0.328 e. The highest BCUT2D eigenvalue weighted by molar-refractivity contribution is 6.07. The predicted octanol–water partition coefficient (Wildman–Crippen LogP) is 7.61. The van der Waals surface area contributed by atoms with Crippen LogP contribution in [0.3, 0.4) is 0 Å². The van der Waals surface area contributed by atoms with Gasteiger partial charge in [-0.15, -0.1) is 0 Å². The Morgan fingerprint density at radius 1 is 0.857 bits per heavy atom. The molecule has 2 fully saturated rings. The standard InChI is InChI=1S/C43H57N5O8/c1-27-13-11-12-14-32(27)45-39(51)46-33-19-17-29(22-35(33)54-9)26-47-40(52)48(38(50)42(47,5)6)31(21-28-15-16-28)25-44-43(7,24-37(49)56-41(2,3)4)30-18-20-34(53-8)36(23-30)55-10/h11-14,17-20,22-23,28,31,44H,15-16,21,24-26H2,1-10H3,(H2,45,46,51)/t31-,43+/m0/s1. The number of para-hydroxylation sites is 1. The topological polar surface area (TPSA) is 148 Å². The van der Waals surface area contributed by atoms with E-state index in [-0.39, 0.29) is 25.4 Å². The Morgan fingerprint density at radius 3 is 2.14 bits per heavy atom. The minimum Gasteiger partial charge on any atom is -0.495 e. The van der Waals surface area contributed by atoms with Gasteiger partial charge in [0.15, 0.2) is 11.5 Å². The van der Waals surface area contributed by atoms with E-state index in [0.717, 1.165) is 29.5 Å². The fourth-order valence-corrected chi connectivity index (χ4v) is 7.04. The summed E-state index contributed by atoms with van der Waals surface area (Å²) in [5.74, 6) is 1.14. The first kappa shape index (κ1) is 41.9. The molecule has 5 rings (SSSR count). The summed E-state index contributed by atoms with van der Waals surface area (Å²) in [6.07, 6.45) is 2.65. The highest BCUT2D eigenvalue weighted by atomic mass is 16.6. The molecule has 0 unspecified atom stereocenters. The first-order chi connectivity index (χ1) is 26.4. The van der Waals surface area contributed by atoms with Crippen LogP contribution >= 0.6 is 0 Å². The number of ether oxygens (including phenoxy) is 4. The summed E-state index contributed by atoms with van der Waals surface area (Å²) in [6, 6.07) is 16.9. The Labute approximate surface area is 330 Å². The number of aryl methyl sites for hydroxylation is 1. The molecule has 1 heterocycles. The molecule has 0 radical (unpaired) electrons.